The zero-order chi connectivity index (χ0) is 19.2. The number of methoxy groups -OCH3 is 1. The quantitative estimate of drug-likeness (QED) is 0.650. The summed E-state index contributed by atoms with van der Waals surface area (Å²) < 4.78 is 4.63. The number of hydrogen-bond acceptors (Lipinski definition) is 6. The van der Waals surface area contributed by atoms with E-state index in [-0.39, 0.29) is 5.69 Å². The van der Waals surface area contributed by atoms with Crippen molar-refractivity contribution in [2.45, 2.75) is 0 Å². The third kappa shape index (κ3) is 4.80. The van der Waals surface area contributed by atoms with Crippen molar-refractivity contribution in [2.75, 3.05) is 17.7 Å². The number of amides is 1. The van der Waals surface area contributed by atoms with Gasteiger partial charge in [0.2, 0.25) is 0 Å². The van der Waals surface area contributed by atoms with Crippen LogP contribution in [-0.4, -0.2) is 29.0 Å². The molecule has 0 unspecified atom stereocenters. The Labute approximate surface area is 160 Å². The number of hydrogen-bond donors (Lipinski definition) is 2. The van der Waals surface area contributed by atoms with Crippen molar-refractivity contribution in [1.29, 1.82) is 0 Å². The van der Waals surface area contributed by atoms with Crippen LogP contribution in [0.5, 0.6) is 0 Å². The number of esters is 1. The van der Waals surface area contributed by atoms with Crippen LogP contribution in [0.4, 0.5) is 17.2 Å². The molecule has 0 saturated carbocycles. The lowest BCUT2D eigenvalue weighted by atomic mass is 10.2. The summed E-state index contributed by atoms with van der Waals surface area (Å²) in [5, 5.41) is 6.34. The molecule has 3 rings (SSSR count). The molecule has 1 aromatic heterocycles. The van der Waals surface area contributed by atoms with E-state index < -0.39 is 11.9 Å². The minimum atomic E-state index is -0.443. The van der Waals surface area contributed by atoms with Gasteiger partial charge in [-0.15, -0.1) is 0 Å². The van der Waals surface area contributed by atoms with Gasteiger partial charge < -0.3 is 15.4 Å². The average molecular weight is 383 g/mol. The Morgan fingerprint density at radius 2 is 1.78 bits per heavy atom. The summed E-state index contributed by atoms with van der Waals surface area (Å²) in [7, 11) is 1.31. The van der Waals surface area contributed by atoms with Gasteiger partial charge in [0, 0.05) is 16.4 Å². The zero-order valence-electron chi connectivity index (χ0n) is 14.3. The van der Waals surface area contributed by atoms with Crippen LogP contribution in [0.1, 0.15) is 20.8 Å². The first kappa shape index (κ1) is 18.3. The highest BCUT2D eigenvalue weighted by Gasteiger charge is 2.10. The van der Waals surface area contributed by atoms with Crippen LogP contribution in [0.3, 0.4) is 0 Å². The maximum Gasteiger partial charge on any atom is 0.337 e. The van der Waals surface area contributed by atoms with Crippen LogP contribution in [-0.2, 0) is 4.74 Å². The molecular formula is C19H15ClN4O3. The predicted molar refractivity (Wildman–Crippen MR) is 103 cm³/mol. The number of ether oxygens (including phenoxy) is 1. The van der Waals surface area contributed by atoms with Crippen molar-refractivity contribution >= 4 is 40.7 Å². The highest BCUT2D eigenvalue weighted by molar-refractivity contribution is 6.30. The SMILES string of the molecule is COC(=O)c1ccc(NC(=O)c2cnc(Nc3cccc(Cl)c3)cn2)cc1. The van der Waals surface area contributed by atoms with Crippen molar-refractivity contribution in [3.05, 3.63) is 77.2 Å². The fraction of sp³-hybridized carbons (Fsp3) is 0.0526. The molecule has 3 aromatic rings. The highest BCUT2D eigenvalue weighted by Crippen LogP contribution is 2.18. The number of nitrogens with zero attached hydrogens (tertiary/aromatic N) is 2. The van der Waals surface area contributed by atoms with E-state index in [0.717, 1.165) is 5.69 Å². The van der Waals surface area contributed by atoms with Crippen molar-refractivity contribution in [2.24, 2.45) is 0 Å². The van der Waals surface area contributed by atoms with Crippen LogP contribution >= 0.6 is 11.6 Å². The molecule has 1 heterocycles. The lowest BCUT2D eigenvalue weighted by Gasteiger charge is -2.07. The van der Waals surface area contributed by atoms with Crippen molar-refractivity contribution < 1.29 is 14.3 Å². The van der Waals surface area contributed by atoms with Gasteiger partial charge in [-0.1, -0.05) is 17.7 Å². The lowest BCUT2D eigenvalue weighted by molar-refractivity contribution is 0.0600. The number of benzene rings is 2. The minimum Gasteiger partial charge on any atom is -0.465 e. The molecule has 2 aromatic carbocycles. The number of halogens is 1. The second kappa shape index (κ2) is 8.29. The molecule has 0 fully saturated rings. The number of carbonyl (C=O) groups is 2. The predicted octanol–water partition coefficient (Wildman–Crippen LogP) is 3.91. The Morgan fingerprint density at radius 1 is 1.00 bits per heavy atom. The molecule has 2 N–H and O–H groups in total. The molecule has 27 heavy (non-hydrogen) atoms. The first-order chi connectivity index (χ1) is 13.0. The molecule has 7 nitrogen and oxygen atoms in total. The van der Waals surface area contributed by atoms with E-state index in [9.17, 15) is 9.59 Å². The van der Waals surface area contributed by atoms with Gasteiger partial charge >= 0.3 is 5.97 Å². The van der Waals surface area contributed by atoms with E-state index in [1.807, 2.05) is 12.1 Å². The monoisotopic (exact) mass is 382 g/mol. The van der Waals surface area contributed by atoms with Gasteiger partial charge in [-0.2, -0.15) is 0 Å². The third-order valence-corrected chi connectivity index (χ3v) is 3.78. The van der Waals surface area contributed by atoms with E-state index in [4.69, 9.17) is 11.6 Å². The van der Waals surface area contributed by atoms with Crippen molar-refractivity contribution in [3.63, 3.8) is 0 Å². The number of carbonyl (C=O) groups excluding carboxylic acids is 2. The summed E-state index contributed by atoms with van der Waals surface area (Å²) in [6.07, 6.45) is 2.82. The number of aromatic nitrogens is 2. The molecule has 0 aliphatic heterocycles. The molecule has 0 saturated heterocycles. The number of nitrogens with one attached hydrogen (secondary N) is 2. The second-order valence-electron chi connectivity index (χ2n) is 5.45. The van der Waals surface area contributed by atoms with E-state index in [0.29, 0.717) is 22.1 Å². The molecule has 1 amide bonds. The summed E-state index contributed by atoms with van der Waals surface area (Å²) >= 11 is 5.94. The summed E-state index contributed by atoms with van der Waals surface area (Å²) in [5.74, 6) is -0.375. The summed E-state index contributed by atoms with van der Waals surface area (Å²) in [5.41, 5.74) is 1.84. The van der Waals surface area contributed by atoms with Crippen LogP contribution in [0.2, 0.25) is 5.02 Å². The molecular weight excluding hydrogens is 368 g/mol. The molecule has 0 atom stereocenters. The summed E-state index contributed by atoms with van der Waals surface area (Å²) in [6.45, 7) is 0. The molecule has 0 bridgehead atoms. The first-order valence-corrected chi connectivity index (χ1v) is 8.27. The number of rotatable bonds is 5. The molecule has 8 heteroatoms. The van der Waals surface area contributed by atoms with Gasteiger partial charge in [-0.25, -0.2) is 14.8 Å². The Bertz CT molecular complexity index is 959. The largest absolute Gasteiger partial charge is 0.465 e. The van der Waals surface area contributed by atoms with Gasteiger partial charge in [-0.3, -0.25) is 4.79 Å². The lowest BCUT2D eigenvalue weighted by Crippen LogP contribution is -2.14. The van der Waals surface area contributed by atoms with Crippen LogP contribution in [0.25, 0.3) is 0 Å². The third-order valence-electron chi connectivity index (χ3n) is 3.55. The summed E-state index contributed by atoms with van der Waals surface area (Å²) in [4.78, 5) is 32.0. The van der Waals surface area contributed by atoms with E-state index in [1.54, 1.807) is 36.4 Å². The highest BCUT2D eigenvalue weighted by atomic mass is 35.5. The van der Waals surface area contributed by atoms with E-state index >= 15 is 0 Å². The van der Waals surface area contributed by atoms with Crippen LogP contribution < -0.4 is 10.6 Å². The van der Waals surface area contributed by atoms with E-state index in [2.05, 4.69) is 25.3 Å². The van der Waals surface area contributed by atoms with Gasteiger partial charge in [0.05, 0.1) is 25.1 Å². The Hall–Kier alpha value is -3.45. The number of anilines is 3. The standard InChI is InChI=1S/C19H15ClN4O3/c1-27-19(26)12-5-7-14(8-6-12)24-18(25)16-10-22-17(11-21-16)23-15-4-2-3-13(20)9-15/h2-11H,1H3,(H,22,23)(H,24,25). The molecule has 0 aliphatic carbocycles. The first-order valence-electron chi connectivity index (χ1n) is 7.89. The fourth-order valence-corrected chi connectivity index (χ4v) is 2.42. The smallest absolute Gasteiger partial charge is 0.337 e. The van der Waals surface area contributed by atoms with Crippen molar-refractivity contribution in [1.82, 2.24) is 9.97 Å². The fourth-order valence-electron chi connectivity index (χ4n) is 2.23. The van der Waals surface area contributed by atoms with E-state index in [1.165, 1.54) is 19.5 Å². The zero-order valence-corrected chi connectivity index (χ0v) is 15.0. The maximum atomic E-state index is 12.3. The van der Waals surface area contributed by atoms with Gasteiger partial charge in [0.1, 0.15) is 11.5 Å². The van der Waals surface area contributed by atoms with Crippen molar-refractivity contribution in [3.8, 4) is 0 Å². The normalized spacial score (nSPS) is 10.1. The van der Waals surface area contributed by atoms with Crippen LogP contribution in [0, 0.1) is 0 Å². The van der Waals surface area contributed by atoms with Gasteiger partial charge in [0.15, 0.2) is 0 Å². The average Bonchev–Trinajstić information content (AvgIpc) is 2.68. The Kier molecular flexibility index (Phi) is 5.63. The van der Waals surface area contributed by atoms with Crippen LogP contribution in [0.15, 0.2) is 60.9 Å². The molecule has 136 valence electrons. The Morgan fingerprint density at radius 3 is 2.41 bits per heavy atom. The Balaban J connectivity index is 1.64. The minimum absolute atomic E-state index is 0.156. The maximum absolute atomic E-state index is 12.3. The summed E-state index contributed by atoms with van der Waals surface area (Å²) in [6, 6.07) is 13.5. The topological polar surface area (TPSA) is 93.2 Å². The van der Waals surface area contributed by atoms with Gasteiger partial charge in [0.25, 0.3) is 5.91 Å². The molecule has 0 spiro atoms. The molecule has 0 radical (unpaired) electrons. The molecule has 0 aliphatic rings. The second-order valence-corrected chi connectivity index (χ2v) is 5.88. The van der Waals surface area contributed by atoms with Gasteiger partial charge in [-0.05, 0) is 42.5 Å².